The topological polar surface area (TPSA) is 61.8 Å². The molecule has 226 valence electrons. The molecule has 41 heavy (non-hydrogen) atoms. The molecule has 5 nitrogen and oxygen atoms in total. The average molecular weight is 569 g/mol. The van der Waals surface area contributed by atoms with E-state index in [4.69, 9.17) is 14.2 Å². The highest BCUT2D eigenvalue weighted by atomic mass is 19.1. The summed E-state index contributed by atoms with van der Waals surface area (Å²) < 4.78 is 31.6. The van der Waals surface area contributed by atoms with Crippen molar-refractivity contribution in [2.75, 3.05) is 6.61 Å². The molecule has 0 radical (unpaired) electrons. The van der Waals surface area contributed by atoms with Crippen molar-refractivity contribution in [1.82, 2.24) is 0 Å². The highest BCUT2D eigenvalue weighted by Gasteiger charge is 2.34. The number of hydrogen-bond donors (Lipinski definition) is 0. The molecule has 0 amide bonds. The van der Waals surface area contributed by atoms with E-state index in [2.05, 4.69) is 31.2 Å². The third kappa shape index (κ3) is 11.1. The number of alkyl halides is 1. The fraction of sp³-hybridized carbons (Fsp3) is 0.600. The maximum atomic E-state index is 14.7. The quantitative estimate of drug-likeness (QED) is 0.108. The number of halogens is 1. The number of esters is 2. The van der Waals surface area contributed by atoms with Crippen molar-refractivity contribution in [1.29, 1.82) is 0 Å². The summed E-state index contributed by atoms with van der Waals surface area (Å²) in [4.78, 5) is 25.0. The molecule has 0 spiro atoms. The number of unbranched alkanes of at least 4 members (excludes halogenated alkanes) is 7. The monoisotopic (exact) mass is 568 g/mol. The zero-order valence-corrected chi connectivity index (χ0v) is 25.3. The molecule has 6 heteroatoms. The summed E-state index contributed by atoms with van der Waals surface area (Å²) in [6.07, 6.45) is 13.6. The number of ether oxygens (including phenoxy) is 3. The number of benzene rings is 2. The van der Waals surface area contributed by atoms with Crippen LogP contribution in [0.1, 0.15) is 133 Å². The van der Waals surface area contributed by atoms with Crippen LogP contribution in [0.2, 0.25) is 0 Å². The minimum absolute atomic E-state index is 0.119. The van der Waals surface area contributed by atoms with E-state index < -0.39 is 17.6 Å². The Morgan fingerprint density at radius 2 is 1.37 bits per heavy atom. The van der Waals surface area contributed by atoms with E-state index in [9.17, 15) is 14.0 Å². The Kier molecular flexibility index (Phi) is 13.6. The maximum Gasteiger partial charge on any atom is 0.348 e. The summed E-state index contributed by atoms with van der Waals surface area (Å²) in [6.45, 7) is 6.29. The van der Waals surface area contributed by atoms with Crippen molar-refractivity contribution >= 4 is 11.9 Å². The summed E-state index contributed by atoms with van der Waals surface area (Å²) >= 11 is 0. The Hall–Kier alpha value is -2.89. The van der Waals surface area contributed by atoms with E-state index in [0.717, 1.165) is 57.3 Å². The predicted octanol–water partition coefficient (Wildman–Crippen LogP) is 9.52. The first-order chi connectivity index (χ1) is 19.8. The molecule has 1 saturated carbocycles. The first-order valence-corrected chi connectivity index (χ1v) is 15.8. The Bertz CT molecular complexity index is 1040. The molecule has 0 N–H and O–H groups in total. The first kappa shape index (κ1) is 32.6. The predicted molar refractivity (Wildman–Crippen MR) is 161 cm³/mol. The van der Waals surface area contributed by atoms with E-state index >= 15 is 0 Å². The van der Waals surface area contributed by atoms with Gasteiger partial charge in [0.1, 0.15) is 17.6 Å². The van der Waals surface area contributed by atoms with E-state index in [1.807, 2.05) is 6.92 Å². The lowest BCUT2D eigenvalue weighted by molar-refractivity contribution is -0.147. The van der Waals surface area contributed by atoms with Gasteiger partial charge in [0, 0.05) is 0 Å². The van der Waals surface area contributed by atoms with Crippen LogP contribution in [0.15, 0.2) is 48.5 Å². The van der Waals surface area contributed by atoms with Crippen LogP contribution in [0.25, 0.3) is 0 Å². The molecule has 2 aromatic rings. The fourth-order valence-corrected chi connectivity index (χ4v) is 5.32. The van der Waals surface area contributed by atoms with Gasteiger partial charge in [0.15, 0.2) is 0 Å². The molecule has 1 aliphatic carbocycles. The van der Waals surface area contributed by atoms with E-state index in [0.29, 0.717) is 17.9 Å². The summed E-state index contributed by atoms with van der Waals surface area (Å²) in [6, 6.07) is 14.6. The van der Waals surface area contributed by atoms with Crippen LogP contribution in [-0.4, -0.2) is 30.3 Å². The van der Waals surface area contributed by atoms with Crippen molar-refractivity contribution in [3.05, 3.63) is 59.7 Å². The zero-order valence-electron chi connectivity index (χ0n) is 25.3. The van der Waals surface area contributed by atoms with Gasteiger partial charge in [-0.2, -0.15) is 0 Å². The van der Waals surface area contributed by atoms with Crippen molar-refractivity contribution in [2.24, 2.45) is 0 Å². The molecule has 2 aromatic carbocycles. The molecule has 1 atom stereocenters. The number of carbonyl (C=O) groups is 2. The van der Waals surface area contributed by atoms with Crippen molar-refractivity contribution in [3.63, 3.8) is 0 Å². The minimum atomic E-state index is -2.03. The molecule has 3 rings (SSSR count). The van der Waals surface area contributed by atoms with Crippen LogP contribution < -0.4 is 9.47 Å². The third-order valence-electron chi connectivity index (χ3n) is 8.04. The van der Waals surface area contributed by atoms with Crippen LogP contribution in [0, 0.1) is 0 Å². The lowest BCUT2D eigenvalue weighted by Crippen LogP contribution is -2.34. The number of carbonyl (C=O) groups excluding carboxylic acids is 2. The average Bonchev–Trinajstić information content (AvgIpc) is 2.98. The second kappa shape index (κ2) is 17.2. The van der Waals surface area contributed by atoms with E-state index in [1.165, 1.54) is 56.7 Å². The van der Waals surface area contributed by atoms with Gasteiger partial charge in [-0.1, -0.05) is 70.9 Å². The molecule has 1 aliphatic rings. The maximum absolute atomic E-state index is 14.7. The largest absolute Gasteiger partial charge is 0.494 e. The van der Waals surface area contributed by atoms with Gasteiger partial charge in [0.2, 0.25) is 5.67 Å². The second-order valence-corrected chi connectivity index (χ2v) is 11.6. The molecule has 1 fully saturated rings. The summed E-state index contributed by atoms with van der Waals surface area (Å²) in [5.74, 6) is 0.292. The molecule has 1 unspecified atom stereocenters. The number of hydrogen-bond acceptors (Lipinski definition) is 5. The van der Waals surface area contributed by atoms with Crippen molar-refractivity contribution < 1.29 is 28.2 Å². The molecular formula is C35H49FO5. The van der Waals surface area contributed by atoms with Gasteiger partial charge >= 0.3 is 11.9 Å². The fourth-order valence-electron chi connectivity index (χ4n) is 5.32. The SMILES string of the molecule is CCCCCCCCOc1ccc([C@H]2CC[C@H](OC(=O)c3ccc(OC(=O)C(C)(F)CCCCC)cc3)CC2)cc1. The third-order valence-corrected chi connectivity index (χ3v) is 8.04. The molecule has 0 bridgehead atoms. The second-order valence-electron chi connectivity index (χ2n) is 11.6. The van der Waals surface area contributed by atoms with Gasteiger partial charge in [-0.25, -0.2) is 14.0 Å². The number of rotatable bonds is 17. The molecule has 0 heterocycles. The van der Waals surface area contributed by atoms with Crippen molar-refractivity contribution in [3.8, 4) is 11.5 Å². The van der Waals surface area contributed by atoms with E-state index in [1.54, 1.807) is 12.1 Å². The Labute approximate surface area is 246 Å². The van der Waals surface area contributed by atoms with Gasteiger partial charge in [-0.15, -0.1) is 0 Å². The lowest BCUT2D eigenvalue weighted by Gasteiger charge is -2.28. The summed E-state index contributed by atoms with van der Waals surface area (Å²) in [7, 11) is 0. The molecule has 0 aromatic heterocycles. The van der Waals surface area contributed by atoms with Gasteiger partial charge in [-0.3, -0.25) is 0 Å². The zero-order chi connectivity index (χ0) is 29.5. The van der Waals surface area contributed by atoms with Crippen LogP contribution in [0.5, 0.6) is 11.5 Å². The van der Waals surface area contributed by atoms with Gasteiger partial charge in [0.25, 0.3) is 0 Å². The Morgan fingerprint density at radius 1 is 0.780 bits per heavy atom. The normalized spacial score (nSPS) is 18.3. The van der Waals surface area contributed by atoms with Crippen LogP contribution in [0.4, 0.5) is 4.39 Å². The smallest absolute Gasteiger partial charge is 0.348 e. The standard InChI is InChI=1S/C35H49FO5/c1-4-6-8-9-10-12-26-39-30-19-13-27(14-20-30)28-15-21-31(22-16-28)40-33(37)29-17-23-32(24-18-29)41-34(38)35(3,36)25-11-7-5-2/h13-14,17-20,23-24,28,31H,4-12,15-16,21-22,25-26H2,1-3H3/t28-,31-,35?. The highest BCUT2D eigenvalue weighted by Crippen LogP contribution is 2.35. The van der Waals surface area contributed by atoms with Gasteiger partial charge in [0.05, 0.1) is 12.2 Å². The lowest BCUT2D eigenvalue weighted by atomic mass is 9.83. The van der Waals surface area contributed by atoms with Crippen LogP contribution in [0.3, 0.4) is 0 Å². The Morgan fingerprint density at radius 3 is 2.02 bits per heavy atom. The minimum Gasteiger partial charge on any atom is -0.494 e. The van der Waals surface area contributed by atoms with Crippen LogP contribution in [-0.2, 0) is 9.53 Å². The van der Waals surface area contributed by atoms with E-state index in [-0.39, 0.29) is 18.3 Å². The van der Waals surface area contributed by atoms with Crippen molar-refractivity contribution in [2.45, 2.75) is 128 Å². The van der Waals surface area contributed by atoms with Gasteiger partial charge < -0.3 is 14.2 Å². The summed E-state index contributed by atoms with van der Waals surface area (Å²) in [5, 5.41) is 0. The molecule has 0 saturated heterocycles. The molecule has 0 aliphatic heterocycles. The Balaban J connectivity index is 1.37. The van der Waals surface area contributed by atoms with Crippen LogP contribution >= 0.6 is 0 Å². The van der Waals surface area contributed by atoms with Gasteiger partial charge in [-0.05, 0) is 99.7 Å². The first-order valence-electron chi connectivity index (χ1n) is 15.8. The summed E-state index contributed by atoms with van der Waals surface area (Å²) in [5.41, 5.74) is -0.342. The molecular weight excluding hydrogens is 519 g/mol. The highest BCUT2D eigenvalue weighted by molar-refractivity contribution is 5.90.